The number of carbonyl (C=O) groups is 2. The number of hydrogen-bond acceptors (Lipinski definition) is 2. The first-order valence-electron chi connectivity index (χ1n) is 6.59. The van der Waals surface area contributed by atoms with Crippen LogP contribution in [0.3, 0.4) is 0 Å². The van der Waals surface area contributed by atoms with E-state index in [1.807, 2.05) is 6.07 Å². The highest BCUT2D eigenvalue weighted by molar-refractivity contribution is 6.35. The Morgan fingerprint density at radius 3 is 2.80 bits per heavy atom. The lowest BCUT2D eigenvalue weighted by Crippen LogP contribution is -2.46. The van der Waals surface area contributed by atoms with Gasteiger partial charge < -0.3 is 10.2 Å². The van der Waals surface area contributed by atoms with Gasteiger partial charge in [-0.15, -0.1) is 0 Å². The second kappa shape index (κ2) is 5.26. The number of nitrogens with one attached hydrogen (secondary N) is 1. The summed E-state index contributed by atoms with van der Waals surface area (Å²) in [5.74, 6) is -0.0712. The van der Waals surface area contributed by atoms with Gasteiger partial charge in [-0.1, -0.05) is 23.2 Å². The van der Waals surface area contributed by atoms with Gasteiger partial charge in [-0.2, -0.15) is 0 Å². The molecule has 1 fully saturated rings. The Morgan fingerprint density at radius 2 is 2.10 bits per heavy atom. The van der Waals surface area contributed by atoms with Gasteiger partial charge in [-0.3, -0.25) is 9.59 Å². The van der Waals surface area contributed by atoms with E-state index >= 15 is 0 Å². The van der Waals surface area contributed by atoms with Crippen molar-refractivity contribution >= 4 is 35.0 Å². The second-order valence-electron chi connectivity index (χ2n) is 5.19. The Labute approximate surface area is 127 Å². The zero-order chi connectivity index (χ0) is 14.3. The van der Waals surface area contributed by atoms with Gasteiger partial charge in [0.25, 0.3) is 0 Å². The number of benzene rings is 1. The summed E-state index contributed by atoms with van der Waals surface area (Å²) in [6, 6.07) is 3.23. The van der Waals surface area contributed by atoms with Gasteiger partial charge in [0, 0.05) is 29.6 Å². The first-order chi connectivity index (χ1) is 9.54. The molecule has 2 aliphatic heterocycles. The zero-order valence-electron chi connectivity index (χ0n) is 10.8. The van der Waals surface area contributed by atoms with E-state index in [1.165, 1.54) is 0 Å². The summed E-state index contributed by atoms with van der Waals surface area (Å²) in [5.41, 5.74) is 2.06. The van der Waals surface area contributed by atoms with E-state index in [0.717, 1.165) is 17.5 Å². The van der Waals surface area contributed by atoms with Crippen molar-refractivity contribution in [2.75, 3.05) is 6.54 Å². The third-order valence-electron chi connectivity index (χ3n) is 3.86. The Morgan fingerprint density at radius 1 is 1.30 bits per heavy atom. The Balaban J connectivity index is 1.78. The normalized spacial score (nSPS) is 21.6. The summed E-state index contributed by atoms with van der Waals surface area (Å²) in [6.45, 7) is 1.12. The molecular weight excluding hydrogens is 299 g/mol. The van der Waals surface area contributed by atoms with Crippen LogP contribution in [0.4, 0.5) is 0 Å². The highest BCUT2D eigenvalue weighted by atomic mass is 35.5. The molecule has 106 valence electrons. The molecule has 20 heavy (non-hydrogen) atoms. The summed E-state index contributed by atoms with van der Waals surface area (Å²) in [4.78, 5) is 25.4. The molecule has 0 saturated carbocycles. The fraction of sp³-hybridized carbons (Fsp3) is 0.429. The number of hydrogen-bond donors (Lipinski definition) is 1. The quantitative estimate of drug-likeness (QED) is 0.864. The van der Waals surface area contributed by atoms with Crippen molar-refractivity contribution in [2.45, 2.75) is 31.8 Å². The van der Waals surface area contributed by atoms with E-state index in [4.69, 9.17) is 23.2 Å². The minimum atomic E-state index is -0.380. The third-order valence-corrected chi connectivity index (χ3v) is 4.41. The highest BCUT2D eigenvalue weighted by Gasteiger charge is 2.32. The molecule has 3 rings (SSSR count). The van der Waals surface area contributed by atoms with Gasteiger partial charge in [0.15, 0.2) is 0 Å². The molecule has 2 amide bonds. The summed E-state index contributed by atoms with van der Waals surface area (Å²) >= 11 is 12.2. The van der Waals surface area contributed by atoms with Crippen LogP contribution in [-0.4, -0.2) is 29.3 Å². The van der Waals surface area contributed by atoms with Crippen molar-refractivity contribution < 1.29 is 9.59 Å². The van der Waals surface area contributed by atoms with E-state index in [9.17, 15) is 9.59 Å². The van der Waals surface area contributed by atoms with Crippen LogP contribution in [0, 0.1) is 0 Å². The molecule has 4 nitrogen and oxygen atoms in total. The van der Waals surface area contributed by atoms with Crippen LogP contribution in [0.2, 0.25) is 10.0 Å². The minimum Gasteiger partial charge on any atom is -0.344 e. The zero-order valence-corrected chi connectivity index (χ0v) is 12.3. The number of rotatable bonds is 1. The molecule has 0 aliphatic carbocycles. The molecule has 0 spiro atoms. The molecule has 2 heterocycles. The molecule has 1 aromatic carbocycles. The lowest BCUT2D eigenvalue weighted by Gasteiger charge is -2.31. The molecule has 1 saturated heterocycles. The standard InChI is InChI=1S/C14H14Cl2N2O2/c15-9-5-8-3-4-18(7-10(8)11(16)6-9)14(20)12-1-2-13(19)17-12/h5-6,12H,1-4,7H2,(H,17,19)/t12-/m0/s1. The number of fused-ring (bicyclic) bond motifs is 1. The van der Waals surface area contributed by atoms with Gasteiger partial charge in [0.1, 0.15) is 6.04 Å². The Bertz CT molecular complexity index is 589. The predicted molar refractivity (Wildman–Crippen MR) is 76.7 cm³/mol. The summed E-state index contributed by atoms with van der Waals surface area (Å²) < 4.78 is 0. The van der Waals surface area contributed by atoms with Crippen LogP contribution in [0.1, 0.15) is 24.0 Å². The largest absolute Gasteiger partial charge is 0.344 e. The summed E-state index contributed by atoms with van der Waals surface area (Å²) in [7, 11) is 0. The fourth-order valence-corrected chi connectivity index (χ4v) is 3.39. The van der Waals surface area contributed by atoms with E-state index < -0.39 is 0 Å². The van der Waals surface area contributed by atoms with Crippen molar-refractivity contribution in [3.8, 4) is 0 Å². The molecule has 0 radical (unpaired) electrons. The van der Waals surface area contributed by atoms with E-state index in [-0.39, 0.29) is 17.9 Å². The van der Waals surface area contributed by atoms with E-state index in [2.05, 4.69) is 5.32 Å². The van der Waals surface area contributed by atoms with Crippen LogP contribution in [0.5, 0.6) is 0 Å². The van der Waals surface area contributed by atoms with Gasteiger partial charge in [0.2, 0.25) is 11.8 Å². The molecule has 2 aliphatic rings. The molecule has 6 heteroatoms. The van der Waals surface area contributed by atoms with Gasteiger partial charge in [-0.25, -0.2) is 0 Å². The predicted octanol–water partition coefficient (Wildman–Crippen LogP) is 2.16. The van der Waals surface area contributed by atoms with Crippen LogP contribution in [0.15, 0.2) is 12.1 Å². The van der Waals surface area contributed by atoms with E-state index in [1.54, 1.807) is 11.0 Å². The maximum absolute atomic E-state index is 12.4. The van der Waals surface area contributed by atoms with Crippen molar-refractivity contribution in [1.82, 2.24) is 10.2 Å². The molecule has 0 aromatic heterocycles. The number of halogens is 2. The van der Waals surface area contributed by atoms with Crippen molar-refractivity contribution in [3.63, 3.8) is 0 Å². The van der Waals surface area contributed by atoms with Gasteiger partial charge >= 0.3 is 0 Å². The Hall–Kier alpha value is -1.26. The van der Waals surface area contributed by atoms with Crippen molar-refractivity contribution in [3.05, 3.63) is 33.3 Å². The lowest BCUT2D eigenvalue weighted by molar-refractivity contribution is -0.135. The van der Waals surface area contributed by atoms with Gasteiger partial charge in [-0.05, 0) is 36.1 Å². The topological polar surface area (TPSA) is 49.4 Å². The maximum Gasteiger partial charge on any atom is 0.245 e. The molecule has 1 N–H and O–H groups in total. The smallest absolute Gasteiger partial charge is 0.245 e. The molecule has 0 bridgehead atoms. The van der Waals surface area contributed by atoms with Crippen molar-refractivity contribution in [2.24, 2.45) is 0 Å². The first-order valence-corrected chi connectivity index (χ1v) is 7.35. The van der Waals surface area contributed by atoms with E-state index in [0.29, 0.717) is 36.0 Å². The molecule has 0 unspecified atom stereocenters. The monoisotopic (exact) mass is 312 g/mol. The van der Waals surface area contributed by atoms with Gasteiger partial charge in [0.05, 0.1) is 0 Å². The maximum atomic E-state index is 12.4. The highest BCUT2D eigenvalue weighted by Crippen LogP contribution is 2.30. The molecule has 1 aromatic rings. The second-order valence-corrected chi connectivity index (χ2v) is 6.04. The summed E-state index contributed by atoms with van der Waals surface area (Å²) in [6.07, 6.45) is 1.74. The third kappa shape index (κ3) is 2.50. The van der Waals surface area contributed by atoms with Crippen LogP contribution in [0.25, 0.3) is 0 Å². The average Bonchev–Trinajstić information content (AvgIpc) is 2.84. The average molecular weight is 313 g/mol. The SMILES string of the molecule is O=C1CC[C@@H](C(=O)N2CCc3cc(Cl)cc(Cl)c3C2)N1. The van der Waals surface area contributed by atoms with Crippen LogP contribution < -0.4 is 5.32 Å². The fourth-order valence-electron chi connectivity index (χ4n) is 2.79. The number of nitrogens with zero attached hydrogens (tertiary/aromatic N) is 1. The number of carbonyl (C=O) groups excluding carboxylic acids is 2. The van der Waals surface area contributed by atoms with Crippen molar-refractivity contribution in [1.29, 1.82) is 0 Å². The Kier molecular flexibility index (Phi) is 3.61. The number of amides is 2. The minimum absolute atomic E-state index is 0.0208. The lowest BCUT2D eigenvalue weighted by atomic mass is 9.99. The summed E-state index contributed by atoms with van der Waals surface area (Å²) in [5, 5.41) is 3.93. The first kappa shape index (κ1) is 13.7. The van der Waals surface area contributed by atoms with Crippen LogP contribution >= 0.6 is 23.2 Å². The molecular formula is C14H14Cl2N2O2. The van der Waals surface area contributed by atoms with Crippen LogP contribution in [-0.2, 0) is 22.6 Å². The molecule has 1 atom stereocenters.